The summed E-state index contributed by atoms with van der Waals surface area (Å²) in [5.74, 6) is -0.146. The van der Waals surface area contributed by atoms with E-state index < -0.39 is 0 Å². The minimum absolute atomic E-state index is 0.162. The van der Waals surface area contributed by atoms with Gasteiger partial charge in [-0.05, 0) is 36.6 Å². The Bertz CT molecular complexity index is 909. The van der Waals surface area contributed by atoms with E-state index in [0.29, 0.717) is 17.7 Å². The number of halogens is 1. The summed E-state index contributed by atoms with van der Waals surface area (Å²) in [6, 6.07) is 5.96. The van der Waals surface area contributed by atoms with Crippen molar-refractivity contribution in [1.29, 1.82) is 0 Å². The van der Waals surface area contributed by atoms with Gasteiger partial charge in [0, 0.05) is 11.9 Å². The van der Waals surface area contributed by atoms with Crippen LogP contribution in [0.25, 0.3) is 16.6 Å². The minimum atomic E-state index is -0.319. The van der Waals surface area contributed by atoms with E-state index in [1.165, 1.54) is 16.8 Å². The van der Waals surface area contributed by atoms with E-state index in [9.17, 15) is 9.18 Å². The third kappa shape index (κ3) is 2.84. The van der Waals surface area contributed by atoms with Crippen molar-refractivity contribution >= 4 is 10.9 Å². The topological polar surface area (TPSA) is 52.7 Å². The molecule has 1 aromatic carbocycles. The molecule has 2 aromatic heterocycles. The van der Waals surface area contributed by atoms with Crippen LogP contribution in [-0.2, 0) is 6.54 Å². The Kier molecular flexibility index (Phi) is 4.46. The molecule has 2 heterocycles. The molecule has 0 saturated carbocycles. The van der Waals surface area contributed by atoms with Crippen molar-refractivity contribution in [2.75, 3.05) is 0 Å². The van der Waals surface area contributed by atoms with E-state index in [0.717, 1.165) is 23.9 Å². The number of benzene rings is 1. The zero-order valence-corrected chi connectivity index (χ0v) is 14.2. The first-order valence-corrected chi connectivity index (χ1v) is 8.27. The van der Waals surface area contributed by atoms with Crippen LogP contribution in [0.1, 0.15) is 45.2 Å². The van der Waals surface area contributed by atoms with Gasteiger partial charge in [-0.3, -0.25) is 4.79 Å². The number of fused-ring (bicyclic) bond motifs is 1. The maximum atomic E-state index is 13.2. The second kappa shape index (κ2) is 6.55. The van der Waals surface area contributed by atoms with Gasteiger partial charge < -0.3 is 0 Å². The molecule has 5 nitrogen and oxygen atoms in total. The summed E-state index contributed by atoms with van der Waals surface area (Å²) in [6.45, 7) is 6.76. The Morgan fingerprint density at radius 1 is 1.21 bits per heavy atom. The molecule has 0 aliphatic rings. The van der Waals surface area contributed by atoms with E-state index in [4.69, 9.17) is 0 Å². The van der Waals surface area contributed by atoms with Crippen molar-refractivity contribution in [2.24, 2.45) is 0 Å². The Morgan fingerprint density at radius 3 is 2.54 bits per heavy atom. The van der Waals surface area contributed by atoms with Crippen molar-refractivity contribution < 1.29 is 4.39 Å². The van der Waals surface area contributed by atoms with Crippen LogP contribution in [0.15, 0.2) is 35.3 Å². The van der Waals surface area contributed by atoms with Crippen molar-refractivity contribution in [3.05, 3.63) is 52.3 Å². The first kappa shape index (κ1) is 16.4. The third-order valence-corrected chi connectivity index (χ3v) is 4.05. The lowest BCUT2D eigenvalue weighted by Crippen LogP contribution is -2.26. The van der Waals surface area contributed by atoms with E-state index >= 15 is 0 Å². The zero-order valence-electron chi connectivity index (χ0n) is 14.2. The fourth-order valence-corrected chi connectivity index (χ4v) is 2.76. The SMILES string of the molecule is CCCCn1nc(C(C)C)c2cnn(-c3ccc(F)cc3)c2c1=O. The molecule has 0 N–H and O–H groups in total. The van der Waals surface area contributed by atoms with Gasteiger partial charge in [-0.25, -0.2) is 13.8 Å². The molecule has 0 aliphatic carbocycles. The number of hydrogen-bond acceptors (Lipinski definition) is 3. The van der Waals surface area contributed by atoms with E-state index in [1.54, 1.807) is 23.0 Å². The van der Waals surface area contributed by atoms with Gasteiger partial charge in [0.1, 0.15) is 11.3 Å². The molecular weight excluding hydrogens is 307 g/mol. The molecule has 3 rings (SSSR count). The third-order valence-electron chi connectivity index (χ3n) is 4.05. The average Bonchev–Trinajstić information content (AvgIpc) is 3.00. The van der Waals surface area contributed by atoms with Gasteiger partial charge in [-0.15, -0.1) is 0 Å². The van der Waals surface area contributed by atoms with E-state index in [-0.39, 0.29) is 17.3 Å². The van der Waals surface area contributed by atoms with Crippen LogP contribution in [-0.4, -0.2) is 19.6 Å². The summed E-state index contributed by atoms with van der Waals surface area (Å²) in [7, 11) is 0. The lowest BCUT2D eigenvalue weighted by Gasteiger charge is -2.12. The van der Waals surface area contributed by atoms with Crippen LogP contribution in [0.5, 0.6) is 0 Å². The summed E-state index contributed by atoms with van der Waals surface area (Å²) >= 11 is 0. The molecule has 0 spiro atoms. The van der Waals surface area contributed by atoms with Crippen LogP contribution >= 0.6 is 0 Å². The highest BCUT2D eigenvalue weighted by molar-refractivity contribution is 5.82. The highest BCUT2D eigenvalue weighted by atomic mass is 19.1. The molecule has 0 radical (unpaired) electrons. The molecule has 0 bridgehead atoms. The van der Waals surface area contributed by atoms with Crippen molar-refractivity contribution in [2.45, 2.75) is 46.1 Å². The molecule has 0 atom stereocenters. The van der Waals surface area contributed by atoms with Gasteiger partial charge >= 0.3 is 0 Å². The standard InChI is InChI=1S/C18H21FN4O/c1-4-5-10-22-18(24)17-15(16(21-22)12(2)3)11-20-23(17)14-8-6-13(19)7-9-14/h6-9,11-12H,4-5,10H2,1-3H3. The molecule has 126 valence electrons. The second-order valence-corrected chi connectivity index (χ2v) is 6.22. The van der Waals surface area contributed by atoms with Crippen molar-refractivity contribution in [3.63, 3.8) is 0 Å². The molecule has 0 saturated heterocycles. The lowest BCUT2D eigenvalue weighted by molar-refractivity contribution is 0.531. The lowest BCUT2D eigenvalue weighted by atomic mass is 10.1. The van der Waals surface area contributed by atoms with Crippen LogP contribution in [0.2, 0.25) is 0 Å². The first-order valence-electron chi connectivity index (χ1n) is 8.27. The van der Waals surface area contributed by atoms with Gasteiger partial charge in [0.25, 0.3) is 5.56 Å². The number of hydrogen-bond donors (Lipinski definition) is 0. The first-order chi connectivity index (χ1) is 11.5. The van der Waals surface area contributed by atoms with E-state index in [2.05, 4.69) is 17.1 Å². The summed E-state index contributed by atoms with van der Waals surface area (Å²) in [4.78, 5) is 12.9. The predicted octanol–water partition coefficient (Wildman–Crippen LogP) is 3.64. The van der Waals surface area contributed by atoms with Gasteiger partial charge in [-0.2, -0.15) is 10.2 Å². The molecule has 0 aliphatic heterocycles. The Hall–Kier alpha value is -2.50. The summed E-state index contributed by atoms with van der Waals surface area (Å²) in [5.41, 5.74) is 1.85. The Morgan fingerprint density at radius 2 is 1.92 bits per heavy atom. The van der Waals surface area contributed by atoms with Crippen LogP contribution in [0.3, 0.4) is 0 Å². The Balaban J connectivity index is 2.27. The summed E-state index contributed by atoms with van der Waals surface area (Å²) < 4.78 is 16.3. The van der Waals surface area contributed by atoms with Crippen LogP contribution in [0.4, 0.5) is 4.39 Å². The van der Waals surface area contributed by atoms with Gasteiger partial charge in [-0.1, -0.05) is 27.2 Å². The summed E-state index contributed by atoms with van der Waals surface area (Å²) in [6.07, 6.45) is 3.55. The van der Waals surface area contributed by atoms with Crippen molar-refractivity contribution in [3.8, 4) is 5.69 Å². The molecule has 24 heavy (non-hydrogen) atoms. The highest BCUT2D eigenvalue weighted by Gasteiger charge is 2.18. The minimum Gasteiger partial charge on any atom is -0.265 e. The Labute approximate surface area is 139 Å². The number of aromatic nitrogens is 4. The normalized spacial score (nSPS) is 11.5. The van der Waals surface area contributed by atoms with Crippen LogP contribution in [0, 0.1) is 5.82 Å². The molecular formula is C18H21FN4O. The molecule has 6 heteroatoms. The monoisotopic (exact) mass is 328 g/mol. The fourth-order valence-electron chi connectivity index (χ4n) is 2.76. The predicted molar refractivity (Wildman–Crippen MR) is 92.1 cm³/mol. The number of rotatable bonds is 5. The van der Waals surface area contributed by atoms with E-state index in [1.807, 2.05) is 13.8 Å². The van der Waals surface area contributed by atoms with Gasteiger partial charge in [0.05, 0.1) is 17.6 Å². The number of aryl methyl sites for hydroxylation is 1. The summed E-state index contributed by atoms with van der Waals surface area (Å²) in [5, 5.41) is 9.67. The van der Waals surface area contributed by atoms with Crippen molar-refractivity contribution in [1.82, 2.24) is 19.6 Å². The fraction of sp³-hybridized carbons (Fsp3) is 0.389. The van der Waals surface area contributed by atoms with Crippen LogP contribution < -0.4 is 5.56 Å². The molecule has 0 fully saturated rings. The number of nitrogens with zero attached hydrogens (tertiary/aromatic N) is 4. The highest BCUT2D eigenvalue weighted by Crippen LogP contribution is 2.23. The zero-order chi connectivity index (χ0) is 17.3. The average molecular weight is 328 g/mol. The molecule has 3 aromatic rings. The molecule has 0 amide bonds. The largest absolute Gasteiger partial charge is 0.293 e. The smallest absolute Gasteiger partial charge is 0.265 e. The van der Waals surface area contributed by atoms with Gasteiger partial charge in [0.2, 0.25) is 0 Å². The number of unbranched alkanes of at least 4 members (excludes halogenated alkanes) is 1. The maximum Gasteiger partial charge on any atom is 0.293 e. The maximum absolute atomic E-state index is 13.2. The van der Waals surface area contributed by atoms with Gasteiger partial charge in [0.15, 0.2) is 0 Å². The second-order valence-electron chi connectivity index (χ2n) is 6.22. The quantitative estimate of drug-likeness (QED) is 0.718. The molecule has 0 unspecified atom stereocenters.